The maximum Gasteiger partial charge on any atom is 0.333 e. The average Bonchev–Trinajstić information content (AvgIpc) is 3.59. The van der Waals surface area contributed by atoms with E-state index in [-0.39, 0.29) is 11.7 Å². The number of fused-ring (bicyclic) bond motifs is 2. The van der Waals surface area contributed by atoms with Gasteiger partial charge in [0.05, 0.1) is 41.7 Å². The van der Waals surface area contributed by atoms with E-state index in [2.05, 4.69) is 27.2 Å². The molecule has 0 amide bonds. The van der Waals surface area contributed by atoms with Gasteiger partial charge in [-0.25, -0.2) is 18.7 Å². The summed E-state index contributed by atoms with van der Waals surface area (Å²) in [6, 6.07) is 12.9. The zero-order chi connectivity index (χ0) is 24.1. The topological polar surface area (TPSA) is 90.3 Å². The number of para-hydroxylation sites is 2. The Bertz CT molecular complexity index is 1520. The van der Waals surface area contributed by atoms with Crippen molar-refractivity contribution < 1.29 is 13.5 Å². The highest BCUT2D eigenvalue weighted by atomic mass is 19.3. The summed E-state index contributed by atoms with van der Waals surface area (Å²) in [5, 5.41) is 11.7. The van der Waals surface area contributed by atoms with Crippen molar-refractivity contribution in [3.05, 3.63) is 48.7 Å². The van der Waals surface area contributed by atoms with E-state index in [0.29, 0.717) is 53.4 Å². The van der Waals surface area contributed by atoms with E-state index in [1.54, 1.807) is 23.7 Å². The van der Waals surface area contributed by atoms with Crippen LogP contribution in [0.25, 0.3) is 33.9 Å². The molecule has 10 nitrogen and oxygen atoms in total. The highest BCUT2D eigenvalue weighted by Gasteiger charge is 2.27. The Labute approximate surface area is 198 Å². The quantitative estimate of drug-likeness (QED) is 0.412. The molecule has 1 fully saturated rings. The van der Waals surface area contributed by atoms with Crippen LogP contribution in [0.2, 0.25) is 0 Å². The molecule has 1 N–H and O–H groups in total. The molecule has 4 aromatic heterocycles. The van der Waals surface area contributed by atoms with Crippen molar-refractivity contribution in [1.82, 2.24) is 33.9 Å². The number of halogens is 2. The number of imidazole rings is 1. The van der Waals surface area contributed by atoms with E-state index >= 15 is 0 Å². The van der Waals surface area contributed by atoms with Crippen LogP contribution in [0.5, 0.6) is 0 Å². The van der Waals surface area contributed by atoms with Crippen LogP contribution in [0.1, 0.15) is 13.5 Å². The molecule has 1 atom stereocenters. The summed E-state index contributed by atoms with van der Waals surface area (Å²) in [4.78, 5) is 11.8. The number of aromatic nitrogens is 7. The average molecular weight is 479 g/mol. The molecule has 180 valence electrons. The predicted molar refractivity (Wildman–Crippen MR) is 127 cm³/mol. The number of nitrogens with one attached hydrogen (secondary N) is 1. The van der Waals surface area contributed by atoms with Gasteiger partial charge in [-0.3, -0.25) is 0 Å². The molecule has 5 heterocycles. The highest BCUT2D eigenvalue weighted by molar-refractivity contribution is 5.81. The Morgan fingerprint density at radius 2 is 1.91 bits per heavy atom. The minimum Gasteiger partial charge on any atom is -0.377 e. The monoisotopic (exact) mass is 479 g/mol. The van der Waals surface area contributed by atoms with Crippen molar-refractivity contribution in [1.29, 1.82) is 0 Å². The van der Waals surface area contributed by atoms with Gasteiger partial charge in [-0.05, 0) is 37.3 Å². The largest absolute Gasteiger partial charge is 0.377 e. The van der Waals surface area contributed by atoms with Crippen LogP contribution in [0.15, 0.2) is 48.7 Å². The standard InChI is InChI=1S/C23H23F2N9O/c1-14-13-35-12-11-31(14)20-19-8-7-17(18-9-10-27-34(18)21(24)25)33(19)30-23(29-20)32-16-6-4-3-5-15(16)28-22(32)26-2/h3-10,14,21H,11-13H2,1-2H3,(H,26,28)/t14-/m1/s1. The first-order valence-electron chi connectivity index (χ1n) is 11.3. The summed E-state index contributed by atoms with van der Waals surface area (Å²) in [5.41, 5.74) is 3.05. The molecule has 0 unspecified atom stereocenters. The van der Waals surface area contributed by atoms with Crippen molar-refractivity contribution in [2.24, 2.45) is 0 Å². The lowest BCUT2D eigenvalue weighted by Gasteiger charge is -2.34. The van der Waals surface area contributed by atoms with Gasteiger partial charge in [0, 0.05) is 19.8 Å². The Morgan fingerprint density at radius 1 is 1.06 bits per heavy atom. The number of hydrogen-bond acceptors (Lipinski definition) is 7. The zero-order valence-corrected chi connectivity index (χ0v) is 19.1. The number of rotatable bonds is 5. The van der Waals surface area contributed by atoms with Crippen LogP contribution in [0, 0.1) is 0 Å². The molecular weight excluding hydrogens is 456 g/mol. The molecule has 35 heavy (non-hydrogen) atoms. The molecule has 0 bridgehead atoms. The summed E-state index contributed by atoms with van der Waals surface area (Å²) in [6.07, 6.45) is 1.36. The lowest BCUT2D eigenvalue weighted by molar-refractivity contribution is 0.0584. The van der Waals surface area contributed by atoms with Gasteiger partial charge in [-0.2, -0.15) is 18.9 Å². The van der Waals surface area contributed by atoms with Crippen molar-refractivity contribution in [2.75, 3.05) is 37.0 Å². The summed E-state index contributed by atoms with van der Waals surface area (Å²) >= 11 is 0. The van der Waals surface area contributed by atoms with Crippen molar-refractivity contribution in [3.8, 4) is 17.3 Å². The van der Waals surface area contributed by atoms with E-state index in [0.717, 1.165) is 11.0 Å². The van der Waals surface area contributed by atoms with E-state index in [4.69, 9.17) is 14.8 Å². The van der Waals surface area contributed by atoms with Gasteiger partial charge >= 0.3 is 6.55 Å². The maximum atomic E-state index is 13.7. The zero-order valence-electron chi connectivity index (χ0n) is 19.1. The van der Waals surface area contributed by atoms with Crippen LogP contribution in [0.3, 0.4) is 0 Å². The van der Waals surface area contributed by atoms with E-state index < -0.39 is 6.55 Å². The first kappa shape index (κ1) is 21.5. The summed E-state index contributed by atoms with van der Waals surface area (Å²) < 4.78 is 37.1. The molecule has 1 saturated heterocycles. The molecular formula is C23H23F2N9O. The first-order valence-corrected chi connectivity index (χ1v) is 11.3. The molecule has 6 rings (SSSR count). The molecule has 0 aliphatic carbocycles. The van der Waals surface area contributed by atoms with Gasteiger partial charge in [0.1, 0.15) is 5.52 Å². The Hall–Kier alpha value is -4.06. The minimum absolute atomic E-state index is 0.0727. The van der Waals surface area contributed by atoms with Crippen LogP contribution >= 0.6 is 0 Å². The van der Waals surface area contributed by atoms with E-state index in [1.807, 2.05) is 34.9 Å². The number of anilines is 2. The number of ether oxygens (including phenoxy) is 1. The van der Waals surface area contributed by atoms with Crippen LogP contribution in [0.4, 0.5) is 20.5 Å². The normalized spacial score (nSPS) is 16.6. The van der Waals surface area contributed by atoms with Crippen LogP contribution in [-0.4, -0.2) is 66.8 Å². The molecule has 1 aromatic carbocycles. The van der Waals surface area contributed by atoms with Gasteiger partial charge in [0.25, 0.3) is 5.95 Å². The third kappa shape index (κ3) is 3.40. The molecule has 12 heteroatoms. The molecule has 1 aliphatic rings. The second-order valence-electron chi connectivity index (χ2n) is 8.32. The Kier molecular flexibility index (Phi) is 5.10. The SMILES string of the molecule is CNc1nc2ccccc2n1-c1nc(N2CCOC[C@H]2C)c2ccc(-c3ccnn3C(F)F)n2n1. The maximum absolute atomic E-state index is 13.7. The Morgan fingerprint density at radius 3 is 2.71 bits per heavy atom. The van der Waals surface area contributed by atoms with Crippen LogP contribution in [-0.2, 0) is 4.74 Å². The fourth-order valence-electron chi connectivity index (χ4n) is 4.58. The minimum atomic E-state index is -2.78. The van der Waals surface area contributed by atoms with Gasteiger partial charge in [0.15, 0.2) is 5.82 Å². The molecule has 0 radical (unpaired) electrons. The smallest absolute Gasteiger partial charge is 0.333 e. The van der Waals surface area contributed by atoms with E-state index in [1.165, 1.54) is 6.20 Å². The lowest BCUT2D eigenvalue weighted by atomic mass is 10.2. The summed E-state index contributed by atoms with van der Waals surface area (Å²) in [5.74, 6) is 1.63. The van der Waals surface area contributed by atoms with Gasteiger partial charge in [-0.15, -0.1) is 5.10 Å². The lowest BCUT2D eigenvalue weighted by Crippen LogP contribution is -2.44. The van der Waals surface area contributed by atoms with Gasteiger partial charge < -0.3 is 15.0 Å². The second kappa shape index (κ2) is 8.31. The third-order valence-electron chi connectivity index (χ3n) is 6.22. The first-order chi connectivity index (χ1) is 17.1. The molecule has 1 aliphatic heterocycles. The third-order valence-corrected chi connectivity index (χ3v) is 6.22. The van der Waals surface area contributed by atoms with E-state index in [9.17, 15) is 8.78 Å². The van der Waals surface area contributed by atoms with Crippen molar-refractivity contribution in [3.63, 3.8) is 0 Å². The number of morpholine rings is 1. The Balaban J connectivity index is 1.65. The predicted octanol–water partition coefficient (Wildman–Crippen LogP) is 3.59. The summed E-state index contributed by atoms with van der Waals surface area (Å²) in [6.45, 7) is 1.06. The van der Waals surface area contributed by atoms with Crippen molar-refractivity contribution >= 4 is 28.3 Å². The van der Waals surface area contributed by atoms with Crippen LogP contribution < -0.4 is 10.2 Å². The second-order valence-corrected chi connectivity index (χ2v) is 8.32. The summed E-state index contributed by atoms with van der Waals surface area (Å²) in [7, 11) is 1.78. The van der Waals surface area contributed by atoms with Crippen molar-refractivity contribution in [2.45, 2.75) is 19.5 Å². The fourth-order valence-corrected chi connectivity index (χ4v) is 4.58. The van der Waals surface area contributed by atoms with Gasteiger partial charge in [-0.1, -0.05) is 12.1 Å². The fraction of sp³-hybridized carbons (Fsp3) is 0.304. The number of hydrogen-bond donors (Lipinski definition) is 1. The molecule has 0 saturated carbocycles. The highest BCUT2D eigenvalue weighted by Crippen LogP contribution is 2.32. The molecule has 0 spiro atoms. The van der Waals surface area contributed by atoms with Gasteiger partial charge in [0.2, 0.25) is 5.95 Å². The molecule has 5 aromatic rings. The number of benzene rings is 1. The number of nitrogens with zero attached hydrogens (tertiary/aromatic N) is 8. The number of alkyl halides is 2.